The van der Waals surface area contributed by atoms with Gasteiger partial charge in [-0.2, -0.15) is 5.10 Å². The van der Waals surface area contributed by atoms with Crippen LogP contribution in [0, 0.1) is 0 Å². The van der Waals surface area contributed by atoms with Gasteiger partial charge in [0.1, 0.15) is 0 Å². The summed E-state index contributed by atoms with van der Waals surface area (Å²) < 4.78 is 1.75. The van der Waals surface area contributed by atoms with Crippen molar-refractivity contribution in [3.63, 3.8) is 0 Å². The molecule has 1 aromatic heterocycles. The van der Waals surface area contributed by atoms with Crippen molar-refractivity contribution in [2.24, 2.45) is 0 Å². The van der Waals surface area contributed by atoms with E-state index >= 15 is 0 Å². The molecule has 0 aliphatic heterocycles. The summed E-state index contributed by atoms with van der Waals surface area (Å²) >= 11 is 0. The van der Waals surface area contributed by atoms with Gasteiger partial charge in [0.15, 0.2) is 0 Å². The molecule has 0 fully saturated rings. The van der Waals surface area contributed by atoms with Gasteiger partial charge < -0.3 is 15.3 Å². The number of anilines is 1. The van der Waals surface area contributed by atoms with Crippen molar-refractivity contribution >= 4 is 11.7 Å². The normalized spacial score (nSPS) is 10.5. The van der Waals surface area contributed by atoms with E-state index in [1.807, 2.05) is 36.5 Å². The molecule has 6 heteroatoms. The molecule has 0 unspecified atom stereocenters. The maximum absolute atomic E-state index is 12.2. The first-order chi connectivity index (χ1) is 10.7. The number of urea groups is 1. The second-order valence-corrected chi connectivity index (χ2v) is 4.99. The molecule has 0 radical (unpaired) electrons. The highest BCUT2D eigenvalue weighted by molar-refractivity contribution is 5.89. The smallest absolute Gasteiger partial charge is 0.321 e. The first-order valence-corrected chi connectivity index (χ1v) is 7.51. The molecular weight excluding hydrogens is 280 g/mol. The van der Waals surface area contributed by atoms with Gasteiger partial charge >= 0.3 is 6.03 Å². The van der Waals surface area contributed by atoms with Gasteiger partial charge in [-0.15, -0.1) is 0 Å². The lowest BCUT2D eigenvalue weighted by molar-refractivity contribution is 0.187. The fourth-order valence-electron chi connectivity index (χ4n) is 2.11. The topological polar surface area (TPSA) is 70.4 Å². The molecule has 0 aliphatic rings. The Balaban J connectivity index is 1.98. The average Bonchev–Trinajstić information content (AvgIpc) is 3.06. The van der Waals surface area contributed by atoms with E-state index in [0.29, 0.717) is 13.1 Å². The van der Waals surface area contributed by atoms with Crippen LogP contribution in [-0.4, -0.2) is 45.5 Å². The number of aliphatic hydroxyl groups is 1. The molecule has 2 rings (SSSR count). The highest BCUT2D eigenvalue weighted by atomic mass is 16.3. The highest BCUT2D eigenvalue weighted by Crippen LogP contribution is 2.13. The summed E-state index contributed by atoms with van der Waals surface area (Å²) in [6.07, 6.45) is 5.51. The van der Waals surface area contributed by atoms with E-state index in [1.54, 1.807) is 15.8 Å². The number of unbranched alkanes of at least 4 members (excludes halogenated alkanes) is 1. The van der Waals surface area contributed by atoms with E-state index in [-0.39, 0.29) is 12.6 Å². The van der Waals surface area contributed by atoms with Crippen molar-refractivity contribution in [3.8, 4) is 5.69 Å². The minimum absolute atomic E-state index is 0.0324. The lowest BCUT2D eigenvalue weighted by Crippen LogP contribution is -2.37. The van der Waals surface area contributed by atoms with E-state index in [1.165, 1.54) is 0 Å². The number of carbonyl (C=O) groups excluding carboxylic acids is 1. The maximum atomic E-state index is 12.2. The monoisotopic (exact) mass is 302 g/mol. The molecule has 0 saturated heterocycles. The summed E-state index contributed by atoms with van der Waals surface area (Å²) in [5.41, 5.74) is 1.65. The summed E-state index contributed by atoms with van der Waals surface area (Å²) in [4.78, 5) is 13.8. The summed E-state index contributed by atoms with van der Waals surface area (Å²) in [5.74, 6) is 0. The van der Waals surface area contributed by atoms with Gasteiger partial charge in [0, 0.05) is 31.2 Å². The summed E-state index contributed by atoms with van der Waals surface area (Å²) in [6.45, 7) is 3.03. The third kappa shape index (κ3) is 4.33. The van der Waals surface area contributed by atoms with Gasteiger partial charge in [-0.3, -0.25) is 0 Å². The number of carbonyl (C=O) groups is 1. The van der Waals surface area contributed by atoms with Crippen LogP contribution in [0.4, 0.5) is 10.5 Å². The Hall–Kier alpha value is -2.34. The van der Waals surface area contributed by atoms with Gasteiger partial charge in [-0.05, 0) is 36.8 Å². The minimum Gasteiger partial charge on any atom is -0.395 e. The van der Waals surface area contributed by atoms with Crippen molar-refractivity contribution in [3.05, 3.63) is 42.7 Å². The maximum Gasteiger partial charge on any atom is 0.321 e. The van der Waals surface area contributed by atoms with Crippen LogP contribution in [0.15, 0.2) is 42.7 Å². The molecule has 22 heavy (non-hydrogen) atoms. The van der Waals surface area contributed by atoms with Crippen molar-refractivity contribution in [1.29, 1.82) is 0 Å². The van der Waals surface area contributed by atoms with Crippen LogP contribution in [0.5, 0.6) is 0 Å². The fraction of sp³-hybridized carbons (Fsp3) is 0.375. The van der Waals surface area contributed by atoms with Crippen molar-refractivity contribution < 1.29 is 9.90 Å². The van der Waals surface area contributed by atoms with Crippen LogP contribution in [0.1, 0.15) is 19.8 Å². The summed E-state index contributed by atoms with van der Waals surface area (Å²) in [6, 6.07) is 9.14. The Bertz CT molecular complexity index is 566. The standard InChI is InChI=1S/C16H22N4O2/c1-2-3-10-19(12-13-21)16(22)18-14-5-7-15(8-6-14)20-11-4-9-17-20/h4-9,11,21H,2-3,10,12-13H2,1H3,(H,18,22). The van der Waals surface area contributed by atoms with Gasteiger partial charge in [-0.1, -0.05) is 13.3 Å². The zero-order valence-corrected chi connectivity index (χ0v) is 12.8. The number of amides is 2. The van der Waals surface area contributed by atoms with Crippen LogP contribution >= 0.6 is 0 Å². The number of benzene rings is 1. The lowest BCUT2D eigenvalue weighted by atomic mass is 10.3. The molecule has 118 valence electrons. The third-order valence-corrected chi connectivity index (χ3v) is 3.33. The van der Waals surface area contributed by atoms with Gasteiger partial charge in [0.05, 0.1) is 12.3 Å². The second-order valence-electron chi connectivity index (χ2n) is 4.99. The molecule has 0 saturated carbocycles. The molecule has 2 N–H and O–H groups in total. The predicted octanol–water partition coefficient (Wildman–Crippen LogP) is 2.50. The van der Waals surface area contributed by atoms with Gasteiger partial charge in [0.2, 0.25) is 0 Å². The van der Waals surface area contributed by atoms with E-state index in [2.05, 4.69) is 17.3 Å². The lowest BCUT2D eigenvalue weighted by Gasteiger charge is -2.22. The number of rotatable bonds is 7. The number of hydrogen-bond donors (Lipinski definition) is 2. The van der Waals surface area contributed by atoms with E-state index in [9.17, 15) is 4.79 Å². The van der Waals surface area contributed by atoms with Crippen LogP contribution in [-0.2, 0) is 0 Å². The largest absolute Gasteiger partial charge is 0.395 e. The van der Waals surface area contributed by atoms with E-state index in [0.717, 1.165) is 24.2 Å². The zero-order chi connectivity index (χ0) is 15.8. The zero-order valence-electron chi connectivity index (χ0n) is 12.8. The van der Waals surface area contributed by atoms with Crippen LogP contribution in [0.3, 0.4) is 0 Å². The summed E-state index contributed by atoms with van der Waals surface area (Å²) in [7, 11) is 0. The first-order valence-electron chi connectivity index (χ1n) is 7.51. The minimum atomic E-state index is -0.186. The molecule has 0 spiro atoms. The van der Waals surface area contributed by atoms with E-state index in [4.69, 9.17) is 5.11 Å². The number of nitrogens with zero attached hydrogens (tertiary/aromatic N) is 3. The Morgan fingerprint density at radius 1 is 1.32 bits per heavy atom. The third-order valence-electron chi connectivity index (χ3n) is 3.33. The first kappa shape index (κ1) is 16.0. The molecule has 2 amide bonds. The summed E-state index contributed by atoms with van der Waals surface area (Å²) in [5, 5.41) is 16.1. The fourth-order valence-corrected chi connectivity index (χ4v) is 2.11. The van der Waals surface area contributed by atoms with E-state index < -0.39 is 0 Å². The molecule has 1 aromatic carbocycles. The predicted molar refractivity (Wildman–Crippen MR) is 86.1 cm³/mol. The quantitative estimate of drug-likeness (QED) is 0.825. The average molecular weight is 302 g/mol. The van der Waals surface area contributed by atoms with Crippen molar-refractivity contribution in [2.75, 3.05) is 25.0 Å². The Labute approximate surface area is 130 Å². The second kappa shape index (κ2) is 8.19. The molecule has 0 aliphatic carbocycles. The Morgan fingerprint density at radius 3 is 2.68 bits per heavy atom. The van der Waals surface area contributed by atoms with Crippen LogP contribution in [0.25, 0.3) is 5.69 Å². The molecule has 1 heterocycles. The number of aliphatic hydroxyl groups excluding tert-OH is 1. The number of aromatic nitrogens is 2. The van der Waals surface area contributed by atoms with Gasteiger partial charge in [-0.25, -0.2) is 9.48 Å². The van der Waals surface area contributed by atoms with Gasteiger partial charge in [0.25, 0.3) is 0 Å². The Morgan fingerprint density at radius 2 is 2.09 bits per heavy atom. The van der Waals surface area contributed by atoms with Crippen molar-refractivity contribution in [1.82, 2.24) is 14.7 Å². The molecular formula is C16H22N4O2. The van der Waals surface area contributed by atoms with Crippen LogP contribution in [0.2, 0.25) is 0 Å². The SMILES string of the molecule is CCCCN(CCO)C(=O)Nc1ccc(-n2cccn2)cc1. The molecule has 0 bridgehead atoms. The molecule has 2 aromatic rings. The Kier molecular flexibility index (Phi) is 5.97. The number of nitrogens with one attached hydrogen (secondary N) is 1. The van der Waals surface area contributed by atoms with Crippen molar-refractivity contribution in [2.45, 2.75) is 19.8 Å². The molecule has 6 nitrogen and oxygen atoms in total. The van der Waals surface area contributed by atoms with Crippen LogP contribution < -0.4 is 5.32 Å². The number of hydrogen-bond acceptors (Lipinski definition) is 3. The molecule has 0 atom stereocenters. The highest BCUT2D eigenvalue weighted by Gasteiger charge is 2.12.